The number of H-pyrrole nitrogens is 1. The maximum atomic E-state index is 11.2. The largest absolute Gasteiger partial charge is 0.438 e. The van der Waals surface area contributed by atoms with Crippen molar-refractivity contribution in [2.75, 3.05) is 6.54 Å². The van der Waals surface area contributed by atoms with Crippen LogP contribution in [0.2, 0.25) is 0 Å². The molecule has 1 aromatic heterocycles. The van der Waals surface area contributed by atoms with Crippen LogP contribution in [0.4, 0.5) is 0 Å². The van der Waals surface area contributed by atoms with E-state index in [1.165, 1.54) is 51.4 Å². The zero-order valence-corrected chi connectivity index (χ0v) is 16.7. The fourth-order valence-corrected chi connectivity index (χ4v) is 3.91. The lowest BCUT2D eigenvalue weighted by Crippen LogP contribution is -2.45. The van der Waals surface area contributed by atoms with Gasteiger partial charge in [0, 0.05) is 12.6 Å². The minimum absolute atomic E-state index is 0.174. The van der Waals surface area contributed by atoms with E-state index in [0.717, 1.165) is 6.54 Å². The molecule has 2 aliphatic carbocycles. The molecular formula is C19H33N7O2. The second-order valence-corrected chi connectivity index (χ2v) is 8.05. The van der Waals surface area contributed by atoms with Crippen molar-refractivity contribution in [1.82, 2.24) is 20.8 Å². The minimum Gasteiger partial charge on any atom is -0.384 e. The third-order valence-corrected chi connectivity index (χ3v) is 5.91. The van der Waals surface area contributed by atoms with Crippen molar-refractivity contribution in [2.45, 2.75) is 70.9 Å². The lowest BCUT2D eigenvalue weighted by Gasteiger charge is -2.33. The smallest absolute Gasteiger partial charge is 0.384 e. The Morgan fingerprint density at radius 1 is 1.25 bits per heavy atom. The highest BCUT2D eigenvalue weighted by molar-refractivity contribution is 5.98. The van der Waals surface area contributed by atoms with Crippen LogP contribution in [0, 0.1) is 11.8 Å². The zero-order chi connectivity index (χ0) is 19.9. The lowest BCUT2D eigenvalue weighted by molar-refractivity contribution is 0.258. The molecule has 3 rings (SSSR count). The van der Waals surface area contributed by atoms with E-state index in [9.17, 15) is 4.79 Å². The van der Waals surface area contributed by atoms with Crippen LogP contribution in [0.15, 0.2) is 25.8 Å². The van der Waals surface area contributed by atoms with Gasteiger partial charge >= 0.3 is 5.76 Å². The van der Waals surface area contributed by atoms with Gasteiger partial charge < -0.3 is 22.1 Å². The van der Waals surface area contributed by atoms with Crippen LogP contribution in [0.3, 0.4) is 0 Å². The summed E-state index contributed by atoms with van der Waals surface area (Å²) in [6, 6.07) is 0.259. The number of aliphatic imine (C=N–C) groups is 1. The molecule has 0 bridgehead atoms. The molecule has 0 aromatic carbocycles. The fraction of sp³-hybridized carbons (Fsp3) is 0.737. The second-order valence-electron chi connectivity index (χ2n) is 8.05. The minimum atomic E-state index is -0.591. The zero-order valence-electron chi connectivity index (χ0n) is 16.7. The molecule has 9 heteroatoms. The highest BCUT2D eigenvalue weighted by Gasteiger charge is 2.26. The van der Waals surface area contributed by atoms with E-state index in [-0.39, 0.29) is 18.4 Å². The van der Waals surface area contributed by atoms with Gasteiger partial charge in [0.2, 0.25) is 0 Å². The summed E-state index contributed by atoms with van der Waals surface area (Å²) in [5, 5.41) is 10.6. The monoisotopic (exact) mass is 391 g/mol. The van der Waals surface area contributed by atoms with E-state index in [4.69, 9.17) is 11.5 Å². The average Bonchev–Trinajstić information content (AvgIpc) is 3.04. The Morgan fingerprint density at radius 2 is 2.00 bits per heavy atom. The Kier molecular flexibility index (Phi) is 7.00. The van der Waals surface area contributed by atoms with Gasteiger partial charge in [-0.1, -0.05) is 30.8 Å². The number of rotatable bonds is 8. The Bertz CT molecular complexity index is 737. The number of aromatic nitrogens is 2. The van der Waals surface area contributed by atoms with E-state index in [1.54, 1.807) is 0 Å². The van der Waals surface area contributed by atoms with Gasteiger partial charge in [0.25, 0.3) is 0 Å². The Morgan fingerprint density at radius 3 is 2.57 bits per heavy atom. The van der Waals surface area contributed by atoms with Crippen LogP contribution in [-0.4, -0.2) is 28.6 Å². The summed E-state index contributed by atoms with van der Waals surface area (Å²) in [5.74, 6) is 1.83. The molecule has 2 saturated carbocycles. The summed E-state index contributed by atoms with van der Waals surface area (Å²) in [6.07, 6.45) is 10.0. The average molecular weight is 392 g/mol. The molecule has 2 fully saturated rings. The van der Waals surface area contributed by atoms with Crippen molar-refractivity contribution in [3.63, 3.8) is 0 Å². The Balaban J connectivity index is 1.72. The predicted octanol–water partition coefficient (Wildman–Crippen LogP) is 1.30. The Labute approximate surface area is 165 Å². The molecule has 1 heterocycles. The molecule has 0 aliphatic heterocycles. The summed E-state index contributed by atoms with van der Waals surface area (Å²) in [5.41, 5.74) is 12.6. The fourth-order valence-electron chi connectivity index (χ4n) is 3.91. The summed E-state index contributed by atoms with van der Waals surface area (Å²) in [7, 11) is 0. The van der Waals surface area contributed by atoms with Crippen LogP contribution in [0.25, 0.3) is 0 Å². The quantitative estimate of drug-likeness (QED) is 0.331. The van der Waals surface area contributed by atoms with Crippen LogP contribution < -0.4 is 27.9 Å². The summed E-state index contributed by atoms with van der Waals surface area (Å²) in [4.78, 5) is 18.3. The van der Waals surface area contributed by atoms with Crippen LogP contribution >= 0.6 is 0 Å². The normalized spacial score (nSPS) is 19.7. The van der Waals surface area contributed by atoms with E-state index in [1.807, 2.05) is 0 Å². The molecule has 0 saturated heterocycles. The van der Waals surface area contributed by atoms with Gasteiger partial charge in [0.15, 0.2) is 5.82 Å². The topological polar surface area (TPSA) is 147 Å². The van der Waals surface area contributed by atoms with E-state index < -0.39 is 5.76 Å². The molecule has 0 unspecified atom stereocenters. The molecule has 1 atom stereocenters. The Hall–Kier alpha value is -2.45. The third kappa shape index (κ3) is 5.53. The molecule has 156 valence electrons. The first-order valence-corrected chi connectivity index (χ1v) is 10.4. The van der Waals surface area contributed by atoms with Gasteiger partial charge in [-0.3, -0.25) is 14.5 Å². The molecule has 28 heavy (non-hydrogen) atoms. The first-order chi connectivity index (χ1) is 13.5. The number of nitrogens with one attached hydrogen (secondary N) is 3. The lowest BCUT2D eigenvalue weighted by atomic mass is 9.80. The van der Waals surface area contributed by atoms with Crippen LogP contribution in [0.5, 0.6) is 0 Å². The van der Waals surface area contributed by atoms with Gasteiger partial charge in [-0.05, 0) is 44.4 Å². The van der Waals surface area contributed by atoms with Crippen molar-refractivity contribution in [1.29, 1.82) is 0 Å². The summed E-state index contributed by atoms with van der Waals surface area (Å²) < 4.78 is 4.55. The maximum absolute atomic E-state index is 11.2. The van der Waals surface area contributed by atoms with Gasteiger partial charge in [0.1, 0.15) is 23.9 Å². The summed E-state index contributed by atoms with van der Waals surface area (Å²) >= 11 is 0. The first kappa shape index (κ1) is 20.3. The standard InChI is InChI=1S/C19H33N7O2/c1-12(14-8-5-9-14)24-18(23-11-15-25-19(27)28-26-15)16(17(20)21)22-10-13-6-3-2-4-7-13/h12-14,22H,2-11,20-21H2,1H3,(H,23,24)(H,25,26,27)/t12-/m1/s1. The SMILES string of the molecule is C[C@@H](N/C(=N/Cc1noc(=O)[nH]1)C(NCC1CCCCC1)=C(N)N)C1CCC1. The number of nitrogens with two attached hydrogens (primary N) is 2. The van der Waals surface area contributed by atoms with Crippen molar-refractivity contribution < 1.29 is 4.52 Å². The van der Waals surface area contributed by atoms with Crippen molar-refractivity contribution in [3.05, 3.63) is 27.9 Å². The number of aromatic amines is 1. The highest BCUT2D eigenvalue weighted by atomic mass is 16.5. The highest BCUT2D eigenvalue weighted by Crippen LogP contribution is 2.29. The van der Waals surface area contributed by atoms with E-state index >= 15 is 0 Å². The van der Waals surface area contributed by atoms with Gasteiger partial charge in [-0.15, -0.1) is 0 Å². The van der Waals surface area contributed by atoms with Crippen molar-refractivity contribution in [2.24, 2.45) is 28.3 Å². The predicted molar refractivity (Wildman–Crippen MR) is 108 cm³/mol. The van der Waals surface area contributed by atoms with Gasteiger partial charge in [-0.2, -0.15) is 0 Å². The number of nitrogens with zero attached hydrogens (tertiary/aromatic N) is 2. The van der Waals surface area contributed by atoms with Crippen molar-refractivity contribution >= 4 is 5.84 Å². The number of hydrogen-bond donors (Lipinski definition) is 5. The molecular weight excluding hydrogens is 358 g/mol. The number of hydrogen-bond acceptors (Lipinski definition) is 7. The molecule has 0 spiro atoms. The molecule has 1 aromatic rings. The van der Waals surface area contributed by atoms with Crippen LogP contribution in [-0.2, 0) is 6.54 Å². The number of amidine groups is 1. The van der Waals surface area contributed by atoms with Crippen molar-refractivity contribution in [3.8, 4) is 0 Å². The van der Waals surface area contributed by atoms with E-state index in [2.05, 4.69) is 37.2 Å². The molecule has 2 aliphatic rings. The van der Waals surface area contributed by atoms with Gasteiger partial charge in [-0.25, -0.2) is 4.79 Å². The second kappa shape index (κ2) is 9.66. The maximum Gasteiger partial charge on any atom is 0.438 e. The van der Waals surface area contributed by atoms with Crippen LogP contribution in [0.1, 0.15) is 64.1 Å². The van der Waals surface area contributed by atoms with Gasteiger partial charge in [0.05, 0.1) is 0 Å². The third-order valence-electron chi connectivity index (χ3n) is 5.91. The molecule has 0 amide bonds. The first-order valence-electron chi connectivity index (χ1n) is 10.4. The van der Waals surface area contributed by atoms with E-state index in [0.29, 0.717) is 29.2 Å². The molecule has 0 radical (unpaired) electrons. The molecule has 9 nitrogen and oxygen atoms in total. The summed E-state index contributed by atoms with van der Waals surface area (Å²) in [6.45, 7) is 3.16. The molecule has 7 N–H and O–H groups in total.